The van der Waals surface area contributed by atoms with Crippen molar-refractivity contribution < 1.29 is 5.32 Å². The molecule has 1 unspecified atom stereocenters. The molecule has 0 saturated carbocycles. The molecule has 0 saturated heterocycles. The van der Waals surface area contributed by atoms with E-state index in [0.29, 0.717) is 0 Å². The van der Waals surface area contributed by atoms with E-state index in [2.05, 4.69) is 190 Å². The van der Waals surface area contributed by atoms with Crippen molar-refractivity contribution in [3.8, 4) is 11.4 Å². The highest BCUT2D eigenvalue weighted by Gasteiger charge is 2.25. The normalized spacial score (nSPS) is 14.6. The number of benzene rings is 8. The first-order chi connectivity index (χ1) is 26.8. The SMILES string of the molecule is c1ccc(C2=NC(c3ccc4cc(-n5c6ccccc6c6cc7c8ccccc8n(-c8ccccc8)c7cc65)ccc4c3)=NC(c3ccccc3)[NH2+]2)cc1. The molecule has 0 radical (unpaired) electrons. The minimum Gasteiger partial charge on any atom is -0.309 e. The van der Waals surface area contributed by atoms with Gasteiger partial charge >= 0.3 is 0 Å². The fourth-order valence-corrected chi connectivity index (χ4v) is 8.30. The number of rotatable bonds is 5. The minimum absolute atomic E-state index is 0.116. The highest BCUT2D eigenvalue weighted by Crippen LogP contribution is 2.40. The zero-order valence-electron chi connectivity index (χ0n) is 29.3. The molecule has 11 rings (SSSR count). The lowest BCUT2D eigenvalue weighted by atomic mass is 10.0. The summed E-state index contributed by atoms with van der Waals surface area (Å²) in [6.45, 7) is 0. The van der Waals surface area contributed by atoms with Gasteiger partial charge in [-0.3, -0.25) is 5.32 Å². The van der Waals surface area contributed by atoms with Gasteiger partial charge in [0.25, 0.3) is 0 Å². The van der Waals surface area contributed by atoms with E-state index in [1.807, 2.05) is 12.1 Å². The number of aliphatic imine (C=N–C) groups is 2. The van der Waals surface area contributed by atoms with Gasteiger partial charge in [0, 0.05) is 44.0 Å². The van der Waals surface area contributed by atoms with Gasteiger partial charge in [-0.15, -0.1) is 0 Å². The van der Waals surface area contributed by atoms with Gasteiger partial charge in [0.1, 0.15) is 0 Å². The summed E-state index contributed by atoms with van der Waals surface area (Å²) in [5, 5.41) is 9.48. The molecule has 10 aromatic rings. The topological polar surface area (TPSA) is 51.2 Å². The molecule has 0 bridgehead atoms. The smallest absolute Gasteiger partial charge is 0.235 e. The molecule has 1 aliphatic rings. The lowest BCUT2D eigenvalue weighted by Crippen LogP contribution is -2.89. The van der Waals surface area contributed by atoms with E-state index in [1.54, 1.807) is 0 Å². The fourth-order valence-electron chi connectivity index (χ4n) is 8.30. The van der Waals surface area contributed by atoms with E-state index in [1.165, 1.54) is 43.6 Å². The second-order valence-corrected chi connectivity index (χ2v) is 14.0. The van der Waals surface area contributed by atoms with Crippen molar-refractivity contribution in [1.29, 1.82) is 0 Å². The summed E-state index contributed by atoms with van der Waals surface area (Å²) in [6, 6.07) is 67.2. The number of fused-ring (bicyclic) bond motifs is 7. The molecular weight excluding hydrogens is 659 g/mol. The summed E-state index contributed by atoms with van der Waals surface area (Å²) in [6.07, 6.45) is -0.116. The molecule has 0 spiro atoms. The Bertz CT molecular complexity index is 3120. The monoisotopic (exact) mass is 692 g/mol. The zero-order valence-corrected chi connectivity index (χ0v) is 29.3. The van der Waals surface area contributed by atoms with Crippen LogP contribution in [0.15, 0.2) is 198 Å². The number of nitrogens with two attached hydrogens (primary N) is 1. The Morgan fingerprint density at radius 2 is 0.981 bits per heavy atom. The molecule has 2 N–H and O–H groups in total. The number of amidine groups is 2. The van der Waals surface area contributed by atoms with Crippen LogP contribution in [-0.4, -0.2) is 20.8 Å². The largest absolute Gasteiger partial charge is 0.309 e. The van der Waals surface area contributed by atoms with Crippen LogP contribution in [0.5, 0.6) is 0 Å². The van der Waals surface area contributed by atoms with E-state index in [-0.39, 0.29) is 6.17 Å². The summed E-state index contributed by atoms with van der Waals surface area (Å²) in [5.74, 6) is 1.69. The third-order valence-corrected chi connectivity index (χ3v) is 10.8. The quantitative estimate of drug-likeness (QED) is 0.187. The summed E-state index contributed by atoms with van der Waals surface area (Å²) < 4.78 is 4.82. The number of hydrogen-bond donors (Lipinski definition) is 1. The Morgan fingerprint density at radius 3 is 1.69 bits per heavy atom. The summed E-state index contributed by atoms with van der Waals surface area (Å²) in [4.78, 5) is 10.3. The molecule has 0 amide bonds. The molecular formula is C49H34N5+. The zero-order chi connectivity index (χ0) is 35.6. The summed E-state index contributed by atoms with van der Waals surface area (Å²) >= 11 is 0. The third kappa shape index (κ3) is 4.90. The van der Waals surface area contributed by atoms with Crippen LogP contribution in [-0.2, 0) is 0 Å². The van der Waals surface area contributed by atoms with Crippen molar-refractivity contribution >= 4 is 66.1 Å². The first-order valence-electron chi connectivity index (χ1n) is 18.4. The summed E-state index contributed by atoms with van der Waals surface area (Å²) in [5.41, 5.74) is 10.3. The maximum absolute atomic E-state index is 5.17. The van der Waals surface area contributed by atoms with Gasteiger partial charge in [-0.25, -0.2) is 4.99 Å². The van der Waals surface area contributed by atoms with E-state index < -0.39 is 0 Å². The van der Waals surface area contributed by atoms with E-state index in [9.17, 15) is 0 Å². The van der Waals surface area contributed by atoms with Crippen molar-refractivity contribution in [3.63, 3.8) is 0 Å². The van der Waals surface area contributed by atoms with Gasteiger partial charge in [0.15, 0.2) is 5.84 Å². The van der Waals surface area contributed by atoms with Crippen LogP contribution >= 0.6 is 0 Å². The van der Waals surface area contributed by atoms with Gasteiger partial charge in [-0.05, 0) is 77.5 Å². The Morgan fingerprint density at radius 1 is 0.407 bits per heavy atom. The van der Waals surface area contributed by atoms with Crippen molar-refractivity contribution in [2.45, 2.75) is 6.17 Å². The second kappa shape index (κ2) is 12.3. The van der Waals surface area contributed by atoms with Crippen LogP contribution in [0, 0.1) is 0 Å². The predicted octanol–water partition coefficient (Wildman–Crippen LogP) is 10.5. The van der Waals surface area contributed by atoms with E-state index in [4.69, 9.17) is 9.98 Å². The first-order valence-corrected chi connectivity index (χ1v) is 18.4. The lowest BCUT2D eigenvalue weighted by molar-refractivity contribution is -0.586. The van der Waals surface area contributed by atoms with Crippen LogP contribution in [0.2, 0.25) is 0 Å². The molecule has 254 valence electrons. The molecule has 5 nitrogen and oxygen atoms in total. The van der Waals surface area contributed by atoms with Gasteiger partial charge in [-0.2, -0.15) is 4.99 Å². The Hall–Kier alpha value is -7.08. The highest BCUT2D eigenvalue weighted by atomic mass is 15.2. The molecule has 3 heterocycles. The molecule has 0 aliphatic carbocycles. The van der Waals surface area contributed by atoms with E-state index in [0.717, 1.165) is 50.5 Å². The molecule has 1 atom stereocenters. The van der Waals surface area contributed by atoms with Crippen LogP contribution in [0.1, 0.15) is 22.9 Å². The first kappa shape index (κ1) is 30.5. The van der Waals surface area contributed by atoms with Crippen LogP contribution in [0.25, 0.3) is 65.8 Å². The number of hydrogen-bond acceptors (Lipinski definition) is 2. The maximum atomic E-state index is 5.17. The van der Waals surface area contributed by atoms with Crippen LogP contribution in [0.4, 0.5) is 0 Å². The average molecular weight is 693 g/mol. The van der Waals surface area contributed by atoms with Gasteiger partial charge < -0.3 is 9.13 Å². The number of nitrogens with zero attached hydrogens (tertiary/aromatic N) is 4. The van der Waals surface area contributed by atoms with Crippen molar-refractivity contribution in [2.24, 2.45) is 9.98 Å². The van der Waals surface area contributed by atoms with Crippen molar-refractivity contribution in [1.82, 2.24) is 9.13 Å². The number of quaternary nitrogens is 1. The summed E-state index contributed by atoms with van der Waals surface area (Å²) in [7, 11) is 0. The maximum Gasteiger partial charge on any atom is 0.235 e. The number of aromatic nitrogens is 2. The van der Waals surface area contributed by atoms with Gasteiger partial charge in [0.05, 0.1) is 27.6 Å². The molecule has 2 aromatic heterocycles. The Labute approximate surface area is 311 Å². The van der Waals surface area contributed by atoms with Crippen LogP contribution < -0.4 is 5.32 Å². The molecule has 5 heteroatoms. The minimum atomic E-state index is -0.116. The number of para-hydroxylation sites is 3. The predicted molar refractivity (Wildman–Crippen MR) is 223 cm³/mol. The third-order valence-electron chi connectivity index (χ3n) is 10.8. The van der Waals surface area contributed by atoms with Crippen LogP contribution in [0.3, 0.4) is 0 Å². The average Bonchev–Trinajstić information content (AvgIpc) is 3.75. The highest BCUT2D eigenvalue weighted by molar-refractivity contribution is 6.19. The Kier molecular flexibility index (Phi) is 6.94. The Balaban J connectivity index is 1.07. The fraction of sp³-hybridized carbons (Fsp3) is 0.0204. The van der Waals surface area contributed by atoms with Gasteiger partial charge in [0.2, 0.25) is 12.0 Å². The molecule has 8 aromatic carbocycles. The standard InChI is InChI=1S/C49H33N5/c1-4-14-32(15-5-1)47-50-48(33-16-6-2-7-17-33)52-49(51-47)36-25-24-35-29-38(27-26-34(35)28-36)54-44-23-13-11-21-40(44)42-30-41-39-20-10-12-22-43(39)53(45(41)31-46(42)54)37-18-8-3-9-19-37/h1-31,47H,(H,50,51,52)/p+1. The van der Waals surface area contributed by atoms with Gasteiger partial charge in [-0.1, -0.05) is 121 Å². The second-order valence-electron chi connectivity index (χ2n) is 14.0. The molecule has 0 fully saturated rings. The molecule has 1 aliphatic heterocycles. The van der Waals surface area contributed by atoms with Crippen molar-refractivity contribution in [2.75, 3.05) is 0 Å². The van der Waals surface area contributed by atoms with E-state index >= 15 is 0 Å². The molecule has 54 heavy (non-hydrogen) atoms. The lowest BCUT2D eigenvalue weighted by Gasteiger charge is -2.19. The van der Waals surface area contributed by atoms with Crippen molar-refractivity contribution in [3.05, 3.63) is 205 Å².